The summed E-state index contributed by atoms with van der Waals surface area (Å²) in [5.41, 5.74) is 2.36. The van der Waals surface area contributed by atoms with Crippen molar-refractivity contribution in [1.29, 1.82) is 0 Å². The van der Waals surface area contributed by atoms with Crippen LogP contribution in [0.3, 0.4) is 0 Å². The van der Waals surface area contributed by atoms with Crippen LogP contribution in [-0.4, -0.2) is 51.6 Å². The van der Waals surface area contributed by atoms with Gasteiger partial charge in [0.05, 0.1) is 5.69 Å². The van der Waals surface area contributed by atoms with E-state index in [1.54, 1.807) is 17.0 Å². The van der Waals surface area contributed by atoms with Gasteiger partial charge in [0.15, 0.2) is 5.82 Å². The average Bonchev–Trinajstić information content (AvgIpc) is 3.32. The van der Waals surface area contributed by atoms with Crippen LogP contribution in [-0.2, 0) is 0 Å². The van der Waals surface area contributed by atoms with E-state index in [1.807, 2.05) is 13.8 Å². The number of nitrogens with one attached hydrogen (secondary N) is 1. The summed E-state index contributed by atoms with van der Waals surface area (Å²) in [4.78, 5) is 20.8. The van der Waals surface area contributed by atoms with Gasteiger partial charge >= 0.3 is 6.03 Å². The van der Waals surface area contributed by atoms with Crippen LogP contribution in [0.25, 0.3) is 11.4 Å². The molecule has 4 rings (SSSR count). The molecule has 28 heavy (non-hydrogen) atoms. The molecule has 1 aliphatic rings. The first kappa shape index (κ1) is 18.4. The number of urea groups is 1. The van der Waals surface area contributed by atoms with E-state index >= 15 is 0 Å². The van der Waals surface area contributed by atoms with Crippen LogP contribution in [0, 0.1) is 19.7 Å². The molecular weight excluding hydrogens is 383 g/mol. The summed E-state index contributed by atoms with van der Waals surface area (Å²) in [7, 11) is 0. The summed E-state index contributed by atoms with van der Waals surface area (Å²) < 4.78 is 22.6. The molecule has 1 fully saturated rings. The van der Waals surface area contributed by atoms with Gasteiger partial charge in [0, 0.05) is 48.8 Å². The van der Waals surface area contributed by atoms with Gasteiger partial charge in [-0.2, -0.15) is 9.36 Å². The Hall–Kier alpha value is -3.01. The Kier molecular flexibility index (Phi) is 4.95. The van der Waals surface area contributed by atoms with Gasteiger partial charge in [-0.15, -0.1) is 0 Å². The zero-order valence-electron chi connectivity index (χ0n) is 15.5. The minimum Gasteiger partial charge on any atom is -0.343 e. The summed E-state index contributed by atoms with van der Waals surface area (Å²) in [6.07, 6.45) is 0. The lowest BCUT2D eigenvalue weighted by Crippen LogP contribution is -2.50. The molecule has 0 saturated carbocycles. The molecule has 0 radical (unpaired) electrons. The number of anilines is 2. The Morgan fingerprint density at radius 1 is 1.18 bits per heavy atom. The molecule has 2 aromatic heterocycles. The number of hydrogen-bond acceptors (Lipinski definition) is 7. The second-order valence-electron chi connectivity index (χ2n) is 6.53. The SMILES string of the molecule is Cc1noc(NC(=O)N2CCN(c3nc(-c4ccc(F)cc4)ns3)CC2)c1C. The first-order chi connectivity index (χ1) is 13.5. The predicted octanol–water partition coefficient (Wildman–Crippen LogP) is 3.30. The molecule has 1 N–H and O–H groups in total. The smallest absolute Gasteiger partial charge is 0.324 e. The molecule has 10 heteroatoms. The number of aryl methyl sites for hydroxylation is 1. The normalized spacial score (nSPS) is 14.4. The summed E-state index contributed by atoms with van der Waals surface area (Å²) in [5, 5.41) is 7.41. The first-order valence-corrected chi connectivity index (χ1v) is 9.62. The van der Waals surface area contributed by atoms with Gasteiger partial charge in [-0.3, -0.25) is 5.32 Å². The highest BCUT2D eigenvalue weighted by Crippen LogP contribution is 2.25. The summed E-state index contributed by atoms with van der Waals surface area (Å²) in [5.74, 6) is 0.679. The molecule has 0 unspecified atom stereocenters. The fraction of sp³-hybridized carbons (Fsp3) is 0.333. The van der Waals surface area contributed by atoms with E-state index in [4.69, 9.17) is 4.52 Å². The van der Waals surface area contributed by atoms with Crippen LogP contribution in [0.1, 0.15) is 11.3 Å². The first-order valence-electron chi connectivity index (χ1n) is 8.84. The Labute approximate surface area is 165 Å². The lowest BCUT2D eigenvalue weighted by atomic mass is 10.2. The quantitative estimate of drug-likeness (QED) is 0.723. The van der Waals surface area contributed by atoms with Gasteiger partial charge in [-0.25, -0.2) is 9.18 Å². The minimum atomic E-state index is -0.288. The van der Waals surface area contributed by atoms with E-state index in [0.717, 1.165) is 22.0 Å². The van der Waals surface area contributed by atoms with Crippen LogP contribution in [0.4, 0.5) is 20.2 Å². The van der Waals surface area contributed by atoms with Crippen LogP contribution < -0.4 is 10.2 Å². The van der Waals surface area contributed by atoms with Crippen molar-refractivity contribution in [3.8, 4) is 11.4 Å². The van der Waals surface area contributed by atoms with E-state index in [9.17, 15) is 9.18 Å². The molecule has 0 spiro atoms. The van der Waals surface area contributed by atoms with Gasteiger partial charge in [0.1, 0.15) is 5.82 Å². The van der Waals surface area contributed by atoms with Crippen molar-refractivity contribution in [2.75, 3.05) is 36.4 Å². The summed E-state index contributed by atoms with van der Waals surface area (Å²) >= 11 is 1.30. The fourth-order valence-corrected chi connectivity index (χ4v) is 3.61. The van der Waals surface area contributed by atoms with Crippen LogP contribution >= 0.6 is 11.5 Å². The number of rotatable bonds is 3. The molecule has 8 nitrogen and oxygen atoms in total. The highest BCUT2D eigenvalue weighted by atomic mass is 32.1. The van der Waals surface area contributed by atoms with Gasteiger partial charge < -0.3 is 14.3 Å². The number of amides is 2. The van der Waals surface area contributed by atoms with Crippen molar-refractivity contribution in [1.82, 2.24) is 19.4 Å². The molecule has 1 aromatic carbocycles. The van der Waals surface area contributed by atoms with Crippen molar-refractivity contribution in [3.05, 3.63) is 41.3 Å². The second kappa shape index (κ2) is 7.55. The number of nitrogens with zero attached hydrogens (tertiary/aromatic N) is 5. The van der Waals surface area contributed by atoms with E-state index in [2.05, 4.69) is 24.7 Å². The van der Waals surface area contributed by atoms with Crippen molar-refractivity contribution >= 4 is 28.6 Å². The van der Waals surface area contributed by atoms with Gasteiger partial charge in [-0.05, 0) is 38.1 Å². The number of halogens is 1. The third kappa shape index (κ3) is 3.68. The minimum absolute atomic E-state index is 0.205. The molecule has 3 aromatic rings. The van der Waals surface area contributed by atoms with E-state index in [-0.39, 0.29) is 11.8 Å². The molecule has 3 heterocycles. The number of benzene rings is 1. The van der Waals surface area contributed by atoms with Gasteiger partial charge in [-0.1, -0.05) is 5.16 Å². The Bertz CT molecular complexity index is 978. The topological polar surface area (TPSA) is 87.4 Å². The van der Waals surface area contributed by atoms with E-state index < -0.39 is 0 Å². The average molecular weight is 402 g/mol. The van der Waals surface area contributed by atoms with Gasteiger partial charge in [0.25, 0.3) is 0 Å². The van der Waals surface area contributed by atoms with Crippen molar-refractivity contribution in [3.63, 3.8) is 0 Å². The largest absolute Gasteiger partial charge is 0.343 e. The van der Waals surface area contributed by atoms with Crippen LogP contribution in [0.2, 0.25) is 0 Å². The third-order valence-corrected chi connectivity index (χ3v) is 5.51. The Morgan fingerprint density at radius 3 is 2.54 bits per heavy atom. The molecular formula is C18H19FN6O2S. The molecule has 2 amide bonds. The highest BCUT2D eigenvalue weighted by molar-refractivity contribution is 7.09. The van der Waals surface area contributed by atoms with E-state index in [1.165, 1.54) is 23.7 Å². The molecule has 1 aliphatic heterocycles. The molecule has 0 aliphatic carbocycles. The number of hydrogen-bond donors (Lipinski definition) is 1. The molecule has 0 bridgehead atoms. The number of piperazine rings is 1. The predicted molar refractivity (Wildman–Crippen MR) is 104 cm³/mol. The van der Waals surface area contributed by atoms with Crippen molar-refractivity contribution < 1.29 is 13.7 Å². The number of carbonyl (C=O) groups excluding carboxylic acids is 1. The van der Waals surface area contributed by atoms with Crippen molar-refractivity contribution in [2.45, 2.75) is 13.8 Å². The summed E-state index contributed by atoms with van der Waals surface area (Å²) in [6, 6.07) is 5.91. The van der Waals surface area contributed by atoms with Crippen molar-refractivity contribution in [2.24, 2.45) is 0 Å². The Balaban J connectivity index is 1.36. The van der Waals surface area contributed by atoms with Crippen LogP contribution in [0.15, 0.2) is 28.8 Å². The van der Waals surface area contributed by atoms with E-state index in [0.29, 0.717) is 37.9 Å². The lowest BCUT2D eigenvalue weighted by molar-refractivity contribution is 0.207. The summed E-state index contributed by atoms with van der Waals surface area (Å²) in [6.45, 7) is 6.11. The standard InChI is InChI=1S/C18H19FN6O2S/c1-11-12(2)22-27-16(11)21-17(26)24-7-9-25(10-8-24)18-20-15(23-28-18)13-3-5-14(19)6-4-13/h3-6H,7-10H2,1-2H3,(H,21,26). The highest BCUT2D eigenvalue weighted by Gasteiger charge is 2.24. The molecule has 0 atom stereocenters. The zero-order chi connectivity index (χ0) is 19.7. The van der Waals surface area contributed by atoms with Crippen LogP contribution in [0.5, 0.6) is 0 Å². The number of aromatic nitrogens is 3. The zero-order valence-corrected chi connectivity index (χ0v) is 16.3. The maximum Gasteiger partial charge on any atom is 0.324 e. The number of carbonyl (C=O) groups is 1. The monoisotopic (exact) mass is 402 g/mol. The maximum atomic E-state index is 13.1. The lowest BCUT2D eigenvalue weighted by Gasteiger charge is -2.34. The molecule has 146 valence electrons. The van der Waals surface area contributed by atoms with Gasteiger partial charge in [0.2, 0.25) is 11.0 Å². The second-order valence-corrected chi connectivity index (χ2v) is 7.26. The Morgan fingerprint density at radius 2 is 1.89 bits per heavy atom. The third-order valence-electron chi connectivity index (χ3n) is 4.73. The maximum absolute atomic E-state index is 13.1. The molecule has 1 saturated heterocycles. The fourth-order valence-electron chi connectivity index (χ4n) is 2.87.